The molecule has 0 aromatic carbocycles. The highest BCUT2D eigenvalue weighted by Crippen LogP contribution is 2.32. The zero-order chi connectivity index (χ0) is 19.5. The fourth-order valence-corrected chi connectivity index (χ4v) is 4.71. The van der Waals surface area contributed by atoms with E-state index in [1.54, 1.807) is 6.07 Å². The smallest absolute Gasteiger partial charge is 0.228 e. The second-order valence-electron chi connectivity index (χ2n) is 8.33. The van der Waals surface area contributed by atoms with Crippen molar-refractivity contribution >= 4 is 11.8 Å². The fourth-order valence-electron chi connectivity index (χ4n) is 4.71. The highest BCUT2D eigenvalue weighted by atomic mass is 19.1. The lowest BCUT2D eigenvalue weighted by atomic mass is 9.83. The summed E-state index contributed by atoms with van der Waals surface area (Å²) in [7, 11) is 0. The molecule has 2 saturated heterocycles. The van der Waals surface area contributed by atoms with Crippen LogP contribution in [-0.4, -0.2) is 53.5 Å². The number of nitrogens with one attached hydrogen (secondary N) is 1. The van der Waals surface area contributed by atoms with Crippen molar-refractivity contribution in [3.8, 4) is 0 Å². The molecule has 3 fully saturated rings. The van der Waals surface area contributed by atoms with Gasteiger partial charge in [0.1, 0.15) is 5.82 Å². The van der Waals surface area contributed by atoms with Gasteiger partial charge in [-0.1, -0.05) is 12.8 Å². The predicted octanol–water partition coefficient (Wildman–Crippen LogP) is 2.08. The zero-order valence-electron chi connectivity index (χ0n) is 16.1. The Hall–Kier alpha value is -2.02. The van der Waals surface area contributed by atoms with Gasteiger partial charge >= 0.3 is 0 Å². The third-order valence-electron chi connectivity index (χ3n) is 6.31. The van der Waals surface area contributed by atoms with E-state index in [9.17, 15) is 14.0 Å². The molecule has 7 heteroatoms. The highest BCUT2D eigenvalue weighted by molar-refractivity contribution is 5.79. The number of carbonyl (C=O) groups excluding carboxylic acids is 2. The van der Waals surface area contributed by atoms with E-state index in [-0.39, 0.29) is 36.2 Å². The van der Waals surface area contributed by atoms with Gasteiger partial charge in [-0.3, -0.25) is 14.6 Å². The Morgan fingerprint density at radius 1 is 1.25 bits per heavy atom. The van der Waals surface area contributed by atoms with E-state index >= 15 is 0 Å². The van der Waals surface area contributed by atoms with Gasteiger partial charge in [0, 0.05) is 30.7 Å². The van der Waals surface area contributed by atoms with Gasteiger partial charge in [0.25, 0.3) is 0 Å². The molecule has 1 saturated carbocycles. The largest absolute Gasteiger partial charge is 0.377 e. The Bertz CT molecular complexity index is 705. The molecule has 0 bridgehead atoms. The predicted molar refractivity (Wildman–Crippen MR) is 101 cm³/mol. The van der Waals surface area contributed by atoms with Gasteiger partial charge in [0.2, 0.25) is 11.8 Å². The number of fused-ring (bicyclic) bond motifs is 1. The van der Waals surface area contributed by atoms with Crippen LogP contribution >= 0.6 is 0 Å². The molecule has 2 aliphatic heterocycles. The second-order valence-corrected chi connectivity index (χ2v) is 8.33. The molecule has 0 unspecified atom stereocenters. The number of likely N-dealkylation sites (tertiary alicyclic amines) is 1. The Morgan fingerprint density at radius 2 is 2.07 bits per heavy atom. The molecule has 3 aliphatic rings. The van der Waals surface area contributed by atoms with Crippen LogP contribution in [0.5, 0.6) is 0 Å². The van der Waals surface area contributed by atoms with Crippen molar-refractivity contribution < 1.29 is 18.7 Å². The molecule has 1 aliphatic carbocycles. The minimum absolute atomic E-state index is 0.00455. The van der Waals surface area contributed by atoms with Crippen molar-refractivity contribution in [3.63, 3.8) is 0 Å². The normalized spacial score (nSPS) is 28.0. The van der Waals surface area contributed by atoms with E-state index in [0.29, 0.717) is 31.4 Å². The molecule has 1 N–H and O–H groups in total. The molecule has 2 amide bonds. The molecule has 0 radical (unpaired) electrons. The monoisotopic (exact) mass is 389 g/mol. The van der Waals surface area contributed by atoms with Crippen LogP contribution < -0.4 is 5.32 Å². The minimum Gasteiger partial charge on any atom is -0.377 e. The lowest BCUT2D eigenvalue weighted by Crippen LogP contribution is -2.52. The summed E-state index contributed by atoms with van der Waals surface area (Å²) in [5.74, 6) is -0.250. The van der Waals surface area contributed by atoms with Gasteiger partial charge in [-0.2, -0.15) is 0 Å². The van der Waals surface area contributed by atoms with E-state index < -0.39 is 5.82 Å². The first-order valence-corrected chi connectivity index (χ1v) is 10.4. The number of ether oxygens (including phenoxy) is 1. The van der Waals surface area contributed by atoms with E-state index in [0.717, 1.165) is 31.9 Å². The molecule has 28 heavy (non-hydrogen) atoms. The van der Waals surface area contributed by atoms with Crippen molar-refractivity contribution in [3.05, 3.63) is 29.8 Å². The molecular formula is C21H28FN3O3. The molecule has 1 aromatic rings. The van der Waals surface area contributed by atoms with Crippen LogP contribution in [-0.2, 0) is 20.7 Å². The van der Waals surface area contributed by atoms with Gasteiger partial charge in [-0.05, 0) is 37.8 Å². The number of hydrogen-bond donors (Lipinski definition) is 1. The molecule has 3 heterocycles. The van der Waals surface area contributed by atoms with E-state index in [1.165, 1.54) is 18.9 Å². The minimum atomic E-state index is -0.404. The van der Waals surface area contributed by atoms with Crippen molar-refractivity contribution in [2.24, 2.45) is 11.8 Å². The first kappa shape index (κ1) is 19.3. The average molecular weight is 389 g/mol. The van der Waals surface area contributed by atoms with Gasteiger partial charge < -0.3 is 15.0 Å². The number of pyridine rings is 1. The molecule has 1 aromatic heterocycles. The molecule has 152 valence electrons. The molecule has 0 spiro atoms. The summed E-state index contributed by atoms with van der Waals surface area (Å²) >= 11 is 0. The van der Waals surface area contributed by atoms with Crippen molar-refractivity contribution in [2.75, 3.05) is 19.7 Å². The highest BCUT2D eigenvalue weighted by Gasteiger charge is 2.39. The van der Waals surface area contributed by atoms with Gasteiger partial charge in [0.05, 0.1) is 31.2 Å². The summed E-state index contributed by atoms with van der Waals surface area (Å²) < 4.78 is 19.0. The van der Waals surface area contributed by atoms with E-state index in [4.69, 9.17) is 4.74 Å². The number of aromatic nitrogens is 1. The van der Waals surface area contributed by atoms with Crippen LogP contribution in [0.4, 0.5) is 4.39 Å². The Kier molecular flexibility index (Phi) is 5.90. The SMILES string of the molecule is O=C(NC1CCCC1)[C@@H]1CO[C@@H]2CCN(C(=O)Cc3ccc(F)cn3)C[C@@H]2C1. The third kappa shape index (κ3) is 4.51. The van der Waals surface area contributed by atoms with Crippen LogP contribution in [0.25, 0.3) is 0 Å². The van der Waals surface area contributed by atoms with Crippen LogP contribution in [0.1, 0.15) is 44.2 Å². The van der Waals surface area contributed by atoms with Crippen molar-refractivity contribution in [1.82, 2.24) is 15.2 Å². The maximum absolute atomic E-state index is 13.0. The first-order chi connectivity index (χ1) is 13.6. The summed E-state index contributed by atoms with van der Waals surface area (Å²) in [6.45, 7) is 1.74. The van der Waals surface area contributed by atoms with Gasteiger partial charge in [0.15, 0.2) is 0 Å². The standard InChI is InChI=1S/C21H28FN3O3/c22-16-5-6-18(23-11-16)10-20(26)25-8-7-19-14(12-25)9-15(13-28-19)21(27)24-17-3-1-2-4-17/h5-6,11,14-15,17,19H,1-4,7-10,12-13H2,(H,24,27)/t14-,15-,19+/m0/s1. The topological polar surface area (TPSA) is 71.5 Å². The Balaban J connectivity index is 1.31. The number of halogens is 1. The number of amides is 2. The Morgan fingerprint density at radius 3 is 2.82 bits per heavy atom. The quantitative estimate of drug-likeness (QED) is 0.856. The number of piperidine rings is 1. The van der Waals surface area contributed by atoms with E-state index in [2.05, 4.69) is 10.3 Å². The number of hydrogen-bond acceptors (Lipinski definition) is 4. The summed E-state index contributed by atoms with van der Waals surface area (Å²) in [5, 5.41) is 3.18. The number of nitrogens with zero attached hydrogens (tertiary/aromatic N) is 2. The zero-order valence-corrected chi connectivity index (χ0v) is 16.1. The van der Waals surface area contributed by atoms with E-state index in [1.807, 2.05) is 4.90 Å². The third-order valence-corrected chi connectivity index (χ3v) is 6.31. The number of carbonyl (C=O) groups is 2. The fraction of sp³-hybridized carbons (Fsp3) is 0.667. The summed E-state index contributed by atoms with van der Waals surface area (Å²) in [4.78, 5) is 31.1. The van der Waals surface area contributed by atoms with Crippen LogP contribution in [0.2, 0.25) is 0 Å². The summed E-state index contributed by atoms with van der Waals surface area (Å²) in [6, 6.07) is 3.19. The molecule has 3 atom stereocenters. The van der Waals surface area contributed by atoms with Crippen molar-refractivity contribution in [2.45, 2.75) is 57.1 Å². The second kappa shape index (κ2) is 8.55. The van der Waals surface area contributed by atoms with Crippen molar-refractivity contribution in [1.29, 1.82) is 0 Å². The van der Waals surface area contributed by atoms with Gasteiger partial charge in [-0.15, -0.1) is 0 Å². The summed E-state index contributed by atoms with van der Waals surface area (Å²) in [6.07, 6.45) is 7.53. The lowest BCUT2D eigenvalue weighted by Gasteiger charge is -2.43. The molecule has 6 nitrogen and oxygen atoms in total. The molecule has 4 rings (SSSR count). The number of rotatable bonds is 4. The molecular weight excluding hydrogens is 361 g/mol. The maximum atomic E-state index is 13.0. The van der Waals surface area contributed by atoms with Crippen LogP contribution in [0.15, 0.2) is 18.3 Å². The Labute approximate surface area is 164 Å². The average Bonchev–Trinajstić information content (AvgIpc) is 3.22. The lowest BCUT2D eigenvalue weighted by molar-refractivity contribution is -0.146. The van der Waals surface area contributed by atoms with Crippen LogP contribution in [0, 0.1) is 17.7 Å². The van der Waals surface area contributed by atoms with Gasteiger partial charge in [-0.25, -0.2) is 4.39 Å². The first-order valence-electron chi connectivity index (χ1n) is 10.4. The van der Waals surface area contributed by atoms with Crippen LogP contribution in [0.3, 0.4) is 0 Å². The summed E-state index contributed by atoms with van der Waals surface area (Å²) in [5.41, 5.74) is 0.572. The maximum Gasteiger partial charge on any atom is 0.228 e.